The van der Waals surface area contributed by atoms with Crippen LogP contribution in [0.5, 0.6) is 17.2 Å². The highest BCUT2D eigenvalue weighted by Gasteiger charge is 2.04. The summed E-state index contributed by atoms with van der Waals surface area (Å²) in [6.07, 6.45) is 0. The van der Waals surface area contributed by atoms with Crippen molar-refractivity contribution in [2.45, 2.75) is 13.5 Å². The second kappa shape index (κ2) is 12.4. The summed E-state index contributed by atoms with van der Waals surface area (Å²) in [4.78, 5) is 0. The first-order valence-electron chi connectivity index (χ1n) is 10.3. The van der Waals surface area contributed by atoms with Crippen molar-refractivity contribution in [1.82, 2.24) is 0 Å². The van der Waals surface area contributed by atoms with Crippen molar-refractivity contribution in [2.75, 3.05) is 38.4 Å². The van der Waals surface area contributed by atoms with E-state index in [9.17, 15) is 0 Å². The Morgan fingerprint density at radius 3 is 2.23 bits per heavy atom. The summed E-state index contributed by atoms with van der Waals surface area (Å²) in [5.74, 6) is 2.52. The van der Waals surface area contributed by atoms with Crippen molar-refractivity contribution in [2.24, 2.45) is 0 Å². The van der Waals surface area contributed by atoms with Gasteiger partial charge in [-0.3, -0.25) is 0 Å². The van der Waals surface area contributed by atoms with Crippen LogP contribution in [0.4, 0.5) is 5.69 Å². The van der Waals surface area contributed by atoms with E-state index in [0.29, 0.717) is 39.6 Å². The maximum absolute atomic E-state index is 5.94. The zero-order chi connectivity index (χ0) is 20.9. The third-order valence-electron chi connectivity index (χ3n) is 4.34. The SMILES string of the molecule is CCOCCOc1cccc(NCc2ccccc2OCCOc2ccccc2)c1. The lowest BCUT2D eigenvalue weighted by molar-refractivity contribution is 0.110. The van der Waals surface area contributed by atoms with Crippen molar-refractivity contribution in [3.8, 4) is 17.2 Å². The lowest BCUT2D eigenvalue weighted by Gasteiger charge is -2.14. The van der Waals surface area contributed by atoms with E-state index in [0.717, 1.165) is 28.5 Å². The van der Waals surface area contributed by atoms with Crippen LogP contribution >= 0.6 is 0 Å². The fourth-order valence-electron chi connectivity index (χ4n) is 2.87. The predicted octanol–water partition coefficient (Wildman–Crippen LogP) is 5.17. The minimum Gasteiger partial charge on any atom is -0.491 e. The normalized spacial score (nSPS) is 10.4. The zero-order valence-electron chi connectivity index (χ0n) is 17.4. The van der Waals surface area contributed by atoms with E-state index in [1.54, 1.807) is 0 Å². The average molecular weight is 408 g/mol. The summed E-state index contributed by atoms with van der Waals surface area (Å²) in [7, 11) is 0. The third-order valence-corrected chi connectivity index (χ3v) is 4.34. The topological polar surface area (TPSA) is 49.0 Å². The van der Waals surface area contributed by atoms with E-state index in [2.05, 4.69) is 11.4 Å². The van der Waals surface area contributed by atoms with Gasteiger partial charge in [0.05, 0.1) is 6.61 Å². The van der Waals surface area contributed by atoms with Gasteiger partial charge in [0.25, 0.3) is 0 Å². The molecule has 1 N–H and O–H groups in total. The number of hydrogen-bond acceptors (Lipinski definition) is 5. The Morgan fingerprint density at radius 1 is 0.667 bits per heavy atom. The molecule has 0 saturated heterocycles. The molecule has 0 spiro atoms. The molecule has 0 heterocycles. The third kappa shape index (κ3) is 7.33. The van der Waals surface area contributed by atoms with Gasteiger partial charge in [0.15, 0.2) is 0 Å². The van der Waals surface area contributed by atoms with Crippen LogP contribution < -0.4 is 19.5 Å². The van der Waals surface area contributed by atoms with Crippen LogP contribution in [0.3, 0.4) is 0 Å². The van der Waals surface area contributed by atoms with Crippen LogP contribution in [0.25, 0.3) is 0 Å². The molecule has 3 aromatic rings. The fourth-order valence-corrected chi connectivity index (χ4v) is 2.87. The van der Waals surface area contributed by atoms with Crippen molar-refractivity contribution < 1.29 is 18.9 Å². The minimum atomic E-state index is 0.481. The highest BCUT2D eigenvalue weighted by atomic mass is 16.5. The summed E-state index contributed by atoms with van der Waals surface area (Å²) >= 11 is 0. The van der Waals surface area contributed by atoms with Gasteiger partial charge in [-0.1, -0.05) is 42.5 Å². The largest absolute Gasteiger partial charge is 0.491 e. The summed E-state index contributed by atoms with van der Waals surface area (Å²) in [6.45, 7) is 5.43. The van der Waals surface area contributed by atoms with Gasteiger partial charge >= 0.3 is 0 Å². The Kier molecular flexibility index (Phi) is 8.90. The smallest absolute Gasteiger partial charge is 0.124 e. The van der Waals surface area contributed by atoms with Gasteiger partial charge < -0.3 is 24.3 Å². The molecule has 158 valence electrons. The molecule has 0 aromatic heterocycles. The van der Waals surface area contributed by atoms with Gasteiger partial charge in [-0.15, -0.1) is 0 Å². The number of benzene rings is 3. The molecule has 0 unspecified atom stereocenters. The summed E-state index contributed by atoms with van der Waals surface area (Å²) in [6, 6.07) is 25.7. The van der Waals surface area contributed by atoms with Gasteiger partial charge in [-0.25, -0.2) is 0 Å². The van der Waals surface area contributed by atoms with Gasteiger partial charge in [0.1, 0.15) is 37.1 Å². The van der Waals surface area contributed by atoms with E-state index >= 15 is 0 Å². The molecule has 0 aliphatic carbocycles. The number of ether oxygens (including phenoxy) is 4. The lowest BCUT2D eigenvalue weighted by atomic mass is 10.2. The first-order valence-corrected chi connectivity index (χ1v) is 10.3. The highest BCUT2D eigenvalue weighted by molar-refractivity contribution is 5.49. The standard InChI is InChI=1S/C25H29NO4/c1-2-27-15-16-29-24-13-8-10-22(19-24)26-20-21-9-6-7-14-25(21)30-18-17-28-23-11-4-3-5-12-23/h3-14,19,26H,2,15-18,20H2,1H3. The van der Waals surface area contributed by atoms with Crippen LogP contribution in [0.2, 0.25) is 0 Å². The van der Waals surface area contributed by atoms with Crippen molar-refractivity contribution in [3.63, 3.8) is 0 Å². The molecule has 3 aromatic carbocycles. The molecule has 0 radical (unpaired) electrons. The minimum absolute atomic E-state index is 0.481. The molecule has 0 saturated carbocycles. The second-order valence-electron chi connectivity index (χ2n) is 6.54. The molecule has 30 heavy (non-hydrogen) atoms. The molecule has 5 nitrogen and oxygen atoms in total. The molecule has 0 atom stereocenters. The van der Waals surface area contributed by atoms with Gasteiger partial charge in [0, 0.05) is 30.5 Å². The van der Waals surface area contributed by atoms with Crippen molar-refractivity contribution in [1.29, 1.82) is 0 Å². The summed E-state index contributed by atoms with van der Waals surface area (Å²) in [5.41, 5.74) is 2.08. The van der Waals surface area contributed by atoms with Gasteiger partial charge in [0.2, 0.25) is 0 Å². The number of para-hydroxylation sites is 2. The second-order valence-corrected chi connectivity index (χ2v) is 6.54. The van der Waals surface area contributed by atoms with Gasteiger partial charge in [-0.05, 0) is 37.3 Å². The predicted molar refractivity (Wildman–Crippen MR) is 120 cm³/mol. The summed E-state index contributed by atoms with van der Waals surface area (Å²) < 4.78 is 22.7. The van der Waals surface area contributed by atoms with Crippen molar-refractivity contribution in [3.05, 3.63) is 84.4 Å². The Bertz CT molecular complexity index is 870. The molecule has 0 aliphatic rings. The molecule has 5 heteroatoms. The van der Waals surface area contributed by atoms with E-state index in [1.807, 2.05) is 79.7 Å². The molecule has 0 fully saturated rings. The highest BCUT2D eigenvalue weighted by Crippen LogP contribution is 2.22. The van der Waals surface area contributed by atoms with Crippen LogP contribution in [-0.4, -0.2) is 33.0 Å². The molecule has 0 amide bonds. The van der Waals surface area contributed by atoms with Crippen LogP contribution in [0.1, 0.15) is 12.5 Å². The van der Waals surface area contributed by atoms with E-state index in [1.165, 1.54) is 0 Å². The Labute approximate surface area is 178 Å². The molecule has 0 bridgehead atoms. The Balaban J connectivity index is 1.47. The van der Waals surface area contributed by atoms with Gasteiger partial charge in [-0.2, -0.15) is 0 Å². The zero-order valence-corrected chi connectivity index (χ0v) is 17.4. The van der Waals surface area contributed by atoms with E-state index in [4.69, 9.17) is 18.9 Å². The first-order chi connectivity index (χ1) is 14.8. The monoisotopic (exact) mass is 407 g/mol. The molecule has 0 aliphatic heterocycles. The fraction of sp³-hybridized carbons (Fsp3) is 0.280. The average Bonchev–Trinajstić information content (AvgIpc) is 2.80. The lowest BCUT2D eigenvalue weighted by Crippen LogP contribution is -2.11. The molecular formula is C25H29NO4. The Morgan fingerprint density at radius 2 is 1.37 bits per heavy atom. The summed E-state index contributed by atoms with van der Waals surface area (Å²) in [5, 5.41) is 3.44. The van der Waals surface area contributed by atoms with Crippen LogP contribution in [-0.2, 0) is 11.3 Å². The van der Waals surface area contributed by atoms with Crippen molar-refractivity contribution >= 4 is 5.69 Å². The molecule has 3 rings (SSSR count). The number of rotatable bonds is 13. The maximum Gasteiger partial charge on any atom is 0.124 e. The van der Waals surface area contributed by atoms with Crippen LogP contribution in [0, 0.1) is 0 Å². The Hall–Kier alpha value is -3.18. The number of hydrogen-bond donors (Lipinski definition) is 1. The van der Waals surface area contributed by atoms with Crippen LogP contribution in [0.15, 0.2) is 78.9 Å². The molecular weight excluding hydrogens is 378 g/mol. The van der Waals surface area contributed by atoms with E-state index in [-0.39, 0.29) is 0 Å². The number of nitrogens with one attached hydrogen (secondary N) is 1. The van der Waals surface area contributed by atoms with E-state index < -0.39 is 0 Å². The maximum atomic E-state index is 5.94. The quantitative estimate of drug-likeness (QED) is 0.396. The number of anilines is 1. The first kappa shape index (κ1) is 21.5.